The molecular formula is C22H27FN2O3. The highest BCUT2D eigenvalue weighted by molar-refractivity contribution is 5.77. The lowest BCUT2D eigenvalue weighted by molar-refractivity contribution is -0.123. The molecule has 6 heteroatoms. The van der Waals surface area contributed by atoms with Crippen LogP contribution in [0.1, 0.15) is 22.7 Å². The van der Waals surface area contributed by atoms with Crippen LogP contribution in [-0.4, -0.2) is 50.3 Å². The summed E-state index contributed by atoms with van der Waals surface area (Å²) in [5.41, 5.74) is 2.99. The molecular weight excluding hydrogens is 359 g/mol. The predicted octanol–water partition coefficient (Wildman–Crippen LogP) is 3.01. The van der Waals surface area contributed by atoms with Gasteiger partial charge >= 0.3 is 0 Å². The molecule has 0 saturated carbocycles. The van der Waals surface area contributed by atoms with E-state index in [0.29, 0.717) is 25.5 Å². The van der Waals surface area contributed by atoms with Gasteiger partial charge in [-0.2, -0.15) is 0 Å². The second-order valence-electron chi connectivity index (χ2n) is 7.08. The van der Waals surface area contributed by atoms with Gasteiger partial charge in [0.25, 0.3) is 5.91 Å². The lowest BCUT2D eigenvalue weighted by atomic mass is 10.0. The summed E-state index contributed by atoms with van der Waals surface area (Å²) in [4.78, 5) is 14.5. The van der Waals surface area contributed by atoms with Crippen LogP contribution in [-0.2, 0) is 9.53 Å². The number of amides is 1. The van der Waals surface area contributed by atoms with E-state index in [2.05, 4.69) is 10.2 Å². The minimum absolute atomic E-state index is 0.0527. The van der Waals surface area contributed by atoms with Crippen LogP contribution in [0.4, 0.5) is 4.39 Å². The molecule has 0 aliphatic carbocycles. The van der Waals surface area contributed by atoms with Crippen molar-refractivity contribution in [2.45, 2.75) is 19.9 Å². The predicted molar refractivity (Wildman–Crippen MR) is 106 cm³/mol. The molecule has 0 aromatic heterocycles. The zero-order valence-electron chi connectivity index (χ0n) is 16.4. The van der Waals surface area contributed by atoms with Crippen LogP contribution >= 0.6 is 0 Å². The monoisotopic (exact) mass is 386 g/mol. The van der Waals surface area contributed by atoms with Crippen molar-refractivity contribution in [2.24, 2.45) is 0 Å². The fourth-order valence-corrected chi connectivity index (χ4v) is 3.43. The molecule has 1 unspecified atom stereocenters. The van der Waals surface area contributed by atoms with Gasteiger partial charge in [0.15, 0.2) is 6.61 Å². The number of nitrogens with zero attached hydrogens (tertiary/aromatic N) is 1. The maximum Gasteiger partial charge on any atom is 0.258 e. The fourth-order valence-electron chi connectivity index (χ4n) is 3.43. The normalized spacial score (nSPS) is 15.8. The van der Waals surface area contributed by atoms with Gasteiger partial charge in [-0.25, -0.2) is 4.39 Å². The maximum atomic E-state index is 13.7. The van der Waals surface area contributed by atoms with E-state index in [1.165, 1.54) is 12.1 Å². The van der Waals surface area contributed by atoms with Crippen LogP contribution in [0.2, 0.25) is 0 Å². The van der Waals surface area contributed by atoms with E-state index in [1.807, 2.05) is 38.1 Å². The summed E-state index contributed by atoms with van der Waals surface area (Å²) in [6, 6.07) is 12.3. The van der Waals surface area contributed by atoms with E-state index in [0.717, 1.165) is 29.8 Å². The van der Waals surface area contributed by atoms with Gasteiger partial charge in [0.2, 0.25) is 0 Å². The SMILES string of the molecule is Cc1ccc(OCC(=O)NCC(c2cccc(F)c2)N2CCOCC2)c(C)c1. The first kappa shape index (κ1) is 20.3. The van der Waals surface area contributed by atoms with Crippen molar-refractivity contribution in [1.29, 1.82) is 0 Å². The number of carbonyl (C=O) groups is 1. The average Bonchev–Trinajstić information content (AvgIpc) is 2.68. The molecule has 1 aliphatic rings. The van der Waals surface area contributed by atoms with Crippen molar-refractivity contribution >= 4 is 5.91 Å². The largest absolute Gasteiger partial charge is 0.484 e. The third-order valence-corrected chi connectivity index (χ3v) is 4.90. The van der Waals surface area contributed by atoms with Crippen molar-refractivity contribution in [2.75, 3.05) is 39.5 Å². The van der Waals surface area contributed by atoms with Crippen molar-refractivity contribution in [3.63, 3.8) is 0 Å². The van der Waals surface area contributed by atoms with Gasteiger partial charge < -0.3 is 14.8 Å². The van der Waals surface area contributed by atoms with Crippen molar-refractivity contribution < 1.29 is 18.7 Å². The summed E-state index contributed by atoms with van der Waals surface area (Å²) in [5, 5.41) is 2.93. The van der Waals surface area contributed by atoms with Gasteiger partial charge in [0.1, 0.15) is 11.6 Å². The number of hydrogen-bond acceptors (Lipinski definition) is 4. The third kappa shape index (κ3) is 5.53. The Hall–Kier alpha value is -2.44. The Labute approximate surface area is 165 Å². The summed E-state index contributed by atoms with van der Waals surface area (Å²) in [7, 11) is 0. The number of morpholine rings is 1. The number of carbonyl (C=O) groups excluding carboxylic acids is 1. The molecule has 1 amide bonds. The molecule has 1 atom stereocenters. The molecule has 1 fully saturated rings. The number of rotatable bonds is 7. The Morgan fingerprint density at radius 1 is 1.21 bits per heavy atom. The lowest BCUT2D eigenvalue weighted by Gasteiger charge is -2.35. The molecule has 28 heavy (non-hydrogen) atoms. The smallest absolute Gasteiger partial charge is 0.258 e. The Kier molecular flexibility index (Phi) is 7.01. The number of benzene rings is 2. The number of hydrogen-bond donors (Lipinski definition) is 1. The van der Waals surface area contributed by atoms with Gasteiger partial charge in [-0.1, -0.05) is 29.8 Å². The van der Waals surface area contributed by atoms with E-state index in [1.54, 1.807) is 6.07 Å². The van der Waals surface area contributed by atoms with Gasteiger partial charge in [-0.3, -0.25) is 9.69 Å². The fraction of sp³-hybridized carbons (Fsp3) is 0.409. The molecule has 3 rings (SSSR count). The van der Waals surface area contributed by atoms with Crippen LogP contribution < -0.4 is 10.1 Å². The number of nitrogens with one attached hydrogen (secondary N) is 1. The van der Waals surface area contributed by atoms with Crippen LogP contribution in [0.25, 0.3) is 0 Å². The van der Waals surface area contributed by atoms with Crippen molar-refractivity contribution in [3.05, 3.63) is 65.0 Å². The molecule has 1 saturated heterocycles. The zero-order valence-corrected chi connectivity index (χ0v) is 16.4. The minimum Gasteiger partial charge on any atom is -0.484 e. The van der Waals surface area contributed by atoms with Crippen molar-refractivity contribution in [1.82, 2.24) is 10.2 Å². The molecule has 0 radical (unpaired) electrons. The number of aryl methyl sites for hydroxylation is 2. The summed E-state index contributed by atoms with van der Waals surface area (Å²) in [6.45, 7) is 7.07. The molecule has 1 heterocycles. The Morgan fingerprint density at radius 3 is 2.71 bits per heavy atom. The zero-order chi connectivity index (χ0) is 19.9. The quantitative estimate of drug-likeness (QED) is 0.795. The molecule has 2 aromatic carbocycles. The first-order valence-electron chi connectivity index (χ1n) is 9.57. The third-order valence-electron chi connectivity index (χ3n) is 4.90. The van der Waals surface area contributed by atoms with Crippen LogP contribution in [0.15, 0.2) is 42.5 Å². The number of ether oxygens (including phenoxy) is 2. The van der Waals surface area contributed by atoms with Crippen LogP contribution in [0.5, 0.6) is 5.75 Å². The molecule has 0 bridgehead atoms. The lowest BCUT2D eigenvalue weighted by Crippen LogP contribution is -2.44. The minimum atomic E-state index is -0.278. The van der Waals surface area contributed by atoms with E-state index in [9.17, 15) is 9.18 Å². The second kappa shape index (κ2) is 9.66. The molecule has 5 nitrogen and oxygen atoms in total. The van der Waals surface area contributed by atoms with E-state index in [-0.39, 0.29) is 24.4 Å². The highest BCUT2D eigenvalue weighted by atomic mass is 19.1. The first-order chi connectivity index (χ1) is 13.5. The first-order valence-corrected chi connectivity index (χ1v) is 9.57. The van der Waals surface area contributed by atoms with Gasteiger partial charge in [0.05, 0.1) is 19.3 Å². The Bertz CT molecular complexity index is 806. The average molecular weight is 386 g/mol. The molecule has 2 aromatic rings. The highest BCUT2D eigenvalue weighted by Crippen LogP contribution is 2.22. The van der Waals surface area contributed by atoms with Crippen molar-refractivity contribution in [3.8, 4) is 5.75 Å². The topological polar surface area (TPSA) is 50.8 Å². The molecule has 150 valence electrons. The Balaban J connectivity index is 1.60. The number of halogens is 1. The van der Waals surface area contributed by atoms with Crippen LogP contribution in [0.3, 0.4) is 0 Å². The molecule has 0 spiro atoms. The van der Waals surface area contributed by atoms with E-state index >= 15 is 0 Å². The summed E-state index contributed by atoms with van der Waals surface area (Å²) < 4.78 is 24.8. The standard InChI is InChI=1S/C22H27FN2O3/c1-16-6-7-21(17(2)12-16)28-15-22(26)24-14-20(25-8-10-27-11-9-25)18-4-3-5-19(23)13-18/h3-7,12-13,20H,8-11,14-15H2,1-2H3,(H,24,26). The van der Waals surface area contributed by atoms with Gasteiger partial charge in [-0.05, 0) is 43.2 Å². The second-order valence-corrected chi connectivity index (χ2v) is 7.08. The summed E-state index contributed by atoms with van der Waals surface area (Å²) >= 11 is 0. The Morgan fingerprint density at radius 2 is 2.00 bits per heavy atom. The molecule has 1 aliphatic heterocycles. The maximum absolute atomic E-state index is 13.7. The summed E-state index contributed by atoms with van der Waals surface area (Å²) in [5.74, 6) is 0.227. The van der Waals surface area contributed by atoms with Gasteiger partial charge in [-0.15, -0.1) is 0 Å². The highest BCUT2D eigenvalue weighted by Gasteiger charge is 2.23. The summed E-state index contributed by atoms with van der Waals surface area (Å²) in [6.07, 6.45) is 0. The van der Waals surface area contributed by atoms with Crippen LogP contribution in [0, 0.1) is 19.7 Å². The molecule has 1 N–H and O–H groups in total. The van der Waals surface area contributed by atoms with E-state index < -0.39 is 0 Å². The van der Waals surface area contributed by atoms with Gasteiger partial charge in [0, 0.05) is 19.6 Å². The van der Waals surface area contributed by atoms with E-state index in [4.69, 9.17) is 9.47 Å².